The Morgan fingerprint density at radius 1 is 0.516 bits per heavy atom. The lowest BCUT2D eigenvalue weighted by molar-refractivity contribution is 0.776. The smallest absolute Gasteiger partial charge is 0.111 e. The molecule has 5 rings (SSSR count). The standard InChI is InChI=1S/C24H36Br2Si5/c1-27(2)19-13-9-10-14-20(19)28(3,4)23(27)17-18-24(31(23,25)26)29(5,6)21-15-11-12-16-22(21)30(24,7)8/h9-16H,17-18H2,1-8H3. The summed E-state index contributed by atoms with van der Waals surface area (Å²) in [5.41, 5.74) is 0. The highest BCUT2D eigenvalue weighted by atomic mass is 79.9. The van der Waals surface area contributed by atoms with Gasteiger partial charge in [0.25, 0.3) is 0 Å². The molecule has 3 heterocycles. The van der Waals surface area contributed by atoms with Crippen LogP contribution in [0.1, 0.15) is 12.8 Å². The zero-order valence-corrected chi connectivity index (χ0v) is 28.5. The molecular weight excluding hydrogens is 589 g/mol. The Bertz CT molecular complexity index is 947. The summed E-state index contributed by atoms with van der Waals surface area (Å²) in [5, 5.41) is 5.10. The van der Waals surface area contributed by atoms with Crippen molar-refractivity contribution in [3.63, 3.8) is 0 Å². The molecule has 2 aromatic carbocycles. The number of halogens is 2. The predicted molar refractivity (Wildman–Crippen MR) is 160 cm³/mol. The molecule has 0 amide bonds. The first-order valence-corrected chi connectivity index (χ1v) is 30.3. The number of hydrogen-bond acceptors (Lipinski definition) is 0. The van der Waals surface area contributed by atoms with Crippen LogP contribution in [0.3, 0.4) is 0 Å². The van der Waals surface area contributed by atoms with Gasteiger partial charge in [-0.3, -0.25) is 0 Å². The molecule has 1 fully saturated rings. The minimum absolute atomic E-state index is 0.507. The van der Waals surface area contributed by atoms with E-state index >= 15 is 0 Å². The second-order valence-corrected chi connectivity index (χ2v) is 47.2. The van der Waals surface area contributed by atoms with E-state index in [1.807, 2.05) is 0 Å². The topological polar surface area (TPSA) is 0 Å². The van der Waals surface area contributed by atoms with E-state index in [9.17, 15) is 0 Å². The van der Waals surface area contributed by atoms with Crippen molar-refractivity contribution in [1.82, 2.24) is 0 Å². The number of rotatable bonds is 0. The first kappa shape index (κ1) is 23.2. The van der Waals surface area contributed by atoms with E-state index in [1.54, 1.807) is 20.7 Å². The average Bonchev–Trinajstić information content (AvgIpc) is 3.10. The molecule has 0 N–H and O–H groups in total. The normalized spacial score (nSPS) is 28.6. The molecule has 2 aromatic rings. The van der Waals surface area contributed by atoms with Crippen molar-refractivity contribution in [3.05, 3.63) is 48.5 Å². The summed E-state index contributed by atoms with van der Waals surface area (Å²) >= 11 is 9.65. The van der Waals surface area contributed by atoms with Crippen LogP contribution >= 0.6 is 30.6 Å². The van der Waals surface area contributed by atoms with Crippen molar-refractivity contribution in [3.8, 4) is 0 Å². The van der Waals surface area contributed by atoms with E-state index < -0.39 is 37.6 Å². The third-order valence-corrected chi connectivity index (χ3v) is 67.0. The number of fused-ring (bicyclic) bond motifs is 2. The second kappa shape index (κ2) is 6.37. The number of benzene rings is 2. The van der Waals surface area contributed by atoms with Crippen molar-refractivity contribution in [2.24, 2.45) is 0 Å². The minimum Gasteiger partial charge on any atom is -0.111 e. The highest BCUT2D eigenvalue weighted by Crippen LogP contribution is 2.80. The van der Waals surface area contributed by atoms with Gasteiger partial charge in [0.2, 0.25) is 5.31 Å². The molecule has 0 atom stereocenters. The van der Waals surface area contributed by atoms with Gasteiger partial charge in [0.05, 0.1) is 32.3 Å². The molecule has 3 aliphatic heterocycles. The third kappa shape index (κ3) is 2.14. The van der Waals surface area contributed by atoms with Crippen LogP contribution in [0.25, 0.3) is 0 Å². The first-order chi connectivity index (χ1) is 14.2. The fraction of sp³-hybridized carbons (Fsp3) is 0.500. The second-order valence-electron chi connectivity index (χ2n) is 12.5. The van der Waals surface area contributed by atoms with Gasteiger partial charge in [0.1, 0.15) is 0 Å². The van der Waals surface area contributed by atoms with Crippen LogP contribution < -0.4 is 20.7 Å². The average molecular weight is 625 g/mol. The molecule has 0 saturated carbocycles. The monoisotopic (exact) mass is 622 g/mol. The zero-order chi connectivity index (χ0) is 22.9. The van der Waals surface area contributed by atoms with Crippen LogP contribution in [0.2, 0.25) is 60.9 Å². The van der Waals surface area contributed by atoms with Gasteiger partial charge in [0, 0.05) is 0 Å². The van der Waals surface area contributed by atoms with Crippen LogP contribution in [0.15, 0.2) is 48.5 Å². The van der Waals surface area contributed by atoms with Crippen molar-refractivity contribution in [1.29, 1.82) is 0 Å². The van der Waals surface area contributed by atoms with E-state index in [2.05, 4.69) is 101 Å². The maximum Gasteiger partial charge on any atom is 0.204 e. The van der Waals surface area contributed by atoms with Crippen LogP contribution in [-0.2, 0) is 0 Å². The lowest BCUT2D eigenvalue weighted by Gasteiger charge is -2.59. The molecule has 31 heavy (non-hydrogen) atoms. The Hall–Kier alpha value is 0.484. The van der Waals surface area contributed by atoms with Crippen LogP contribution in [0, 0.1) is 0 Å². The molecule has 1 saturated heterocycles. The highest BCUT2D eigenvalue weighted by Gasteiger charge is 2.86. The summed E-state index contributed by atoms with van der Waals surface area (Å²) in [4.78, 5) is 0. The Kier molecular flexibility index (Phi) is 4.78. The Labute approximate surface area is 209 Å². The van der Waals surface area contributed by atoms with E-state index in [4.69, 9.17) is 30.6 Å². The van der Waals surface area contributed by atoms with Crippen LogP contribution in [-0.4, -0.2) is 37.6 Å². The molecule has 0 aliphatic carbocycles. The van der Waals surface area contributed by atoms with Crippen LogP contribution in [0.5, 0.6) is 0 Å². The molecule has 0 unspecified atom stereocenters. The maximum atomic E-state index is 4.83. The quantitative estimate of drug-likeness (QED) is 0.259. The molecule has 0 bridgehead atoms. The lowest BCUT2D eigenvalue weighted by Crippen LogP contribution is -2.72. The van der Waals surface area contributed by atoms with Crippen molar-refractivity contribution in [2.75, 3.05) is 0 Å². The molecular formula is C24H36Br2Si5. The largest absolute Gasteiger partial charge is 0.204 e. The van der Waals surface area contributed by atoms with Crippen molar-refractivity contribution >= 4 is 88.9 Å². The molecule has 2 spiro atoms. The third-order valence-electron chi connectivity index (χ3n) is 10.8. The van der Waals surface area contributed by atoms with Crippen molar-refractivity contribution in [2.45, 2.75) is 73.8 Å². The molecule has 166 valence electrons. The van der Waals surface area contributed by atoms with E-state index in [-0.39, 0.29) is 0 Å². The van der Waals surface area contributed by atoms with E-state index in [1.165, 1.54) is 12.8 Å². The van der Waals surface area contributed by atoms with Gasteiger partial charge in [-0.25, -0.2) is 0 Å². The van der Waals surface area contributed by atoms with Gasteiger partial charge in [-0.05, 0) is 8.57 Å². The molecule has 0 nitrogen and oxygen atoms in total. The van der Waals surface area contributed by atoms with E-state index in [0.717, 1.165) is 0 Å². The van der Waals surface area contributed by atoms with Gasteiger partial charge in [-0.15, -0.1) is 30.6 Å². The van der Waals surface area contributed by atoms with Gasteiger partial charge in [-0.1, -0.05) is 134 Å². The first-order valence-electron chi connectivity index (χ1n) is 11.7. The number of hydrogen-bond donors (Lipinski definition) is 0. The summed E-state index contributed by atoms with van der Waals surface area (Å²) in [6.07, 6.45) is 2.90. The van der Waals surface area contributed by atoms with Gasteiger partial charge in [-0.2, -0.15) is 0 Å². The summed E-state index contributed by atoms with van der Waals surface area (Å²) in [5.74, 6) is 0. The highest BCUT2D eigenvalue weighted by molar-refractivity contribution is 9.51. The summed E-state index contributed by atoms with van der Waals surface area (Å²) in [6.45, 7) is 21.9. The van der Waals surface area contributed by atoms with Gasteiger partial charge in [0.15, 0.2) is 0 Å². The SMILES string of the molecule is C[Si]1(C)c2ccccc2[Si](C)(C)C12CCC1([Si](C)(C)c3ccccc3[Si]1(C)C)[Si]2(Br)Br. The Balaban J connectivity index is 1.85. The van der Waals surface area contributed by atoms with Gasteiger partial charge < -0.3 is 0 Å². The van der Waals surface area contributed by atoms with Crippen LogP contribution in [0.4, 0.5) is 0 Å². The summed E-state index contributed by atoms with van der Waals surface area (Å²) in [7, 11) is -6.79. The van der Waals surface area contributed by atoms with Crippen molar-refractivity contribution < 1.29 is 0 Å². The summed E-state index contributed by atoms with van der Waals surface area (Å²) < 4.78 is 1.01. The molecule has 0 radical (unpaired) electrons. The van der Waals surface area contributed by atoms with E-state index in [0.29, 0.717) is 8.57 Å². The fourth-order valence-electron chi connectivity index (χ4n) is 9.50. The Morgan fingerprint density at radius 3 is 0.968 bits per heavy atom. The zero-order valence-electron chi connectivity index (χ0n) is 20.3. The molecule has 0 aromatic heterocycles. The molecule has 7 heteroatoms. The fourth-order valence-corrected chi connectivity index (χ4v) is 95.2. The summed E-state index contributed by atoms with van der Waals surface area (Å²) in [6, 6.07) is 19.4. The van der Waals surface area contributed by atoms with Gasteiger partial charge >= 0.3 is 0 Å². The minimum atomic E-state index is -2.04. The lowest BCUT2D eigenvalue weighted by atomic mass is 10.4. The Morgan fingerprint density at radius 2 is 0.742 bits per heavy atom. The maximum absolute atomic E-state index is 4.83. The predicted octanol–water partition coefficient (Wildman–Crippen LogP) is 5.74. The molecule has 3 aliphatic rings.